The quantitative estimate of drug-likeness (QED) is 0.538. The Balaban J connectivity index is 2.10. The van der Waals surface area contributed by atoms with Crippen LogP contribution in [0, 0.1) is 11.6 Å². The molecule has 110 valence electrons. The van der Waals surface area contributed by atoms with Crippen molar-refractivity contribution in [2.24, 2.45) is 0 Å². The molecule has 0 spiro atoms. The number of halogens is 3. The normalized spacial score (nSPS) is 10.5. The lowest BCUT2D eigenvalue weighted by atomic mass is 10.2. The Hall–Kier alpha value is -2.20. The fourth-order valence-electron chi connectivity index (χ4n) is 2.22. The standard InChI is InChI=1S/C18H12BrF2N/c19-13-1-7-16(8-2-13)22(17-9-3-14(20)4-10-17)18-11-5-15(21)6-12-18/h1-12H. The second-order valence-electron chi connectivity index (χ2n) is 4.76. The molecule has 3 aromatic carbocycles. The fraction of sp³-hybridized carbons (Fsp3) is 0. The Morgan fingerprint density at radius 2 is 0.864 bits per heavy atom. The van der Waals surface area contributed by atoms with Crippen molar-refractivity contribution in [3.05, 3.63) is 88.9 Å². The first-order valence-corrected chi connectivity index (χ1v) is 7.49. The van der Waals surface area contributed by atoms with Crippen LogP contribution in [0.25, 0.3) is 0 Å². The molecular formula is C18H12BrF2N. The van der Waals surface area contributed by atoms with Crippen LogP contribution in [0.1, 0.15) is 0 Å². The second kappa shape index (κ2) is 6.28. The van der Waals surface area contributed by atoms with Crippen molar-refractivity contribution >= 4 is 33.0 Å². The predicted molar refractivity (Wildman–Crippen MR) is 88.7 cm³/mol. The summed E-state index contributed by atoms with van der Waals surface area (Å²) >= 11 is 3.41. The number of benzene rings is 3. The van der Waals surface area contributed by atoms with Crippen molar-refractivity contribution in [3.8, 4) is 0 Å². The summed E-state index contributed by atoms with van der Waals surface area (Å²) in [5, 5.41) is 0. The molecule has 3 rings (SSSR count). The molecular weight excluding hydrogens is 348 g/mol. The molecule has 0 fully saturated rings. The van der Waals surface area contributed by atoms with Gasteiger partial charge in [0, 0.05) is 21.5 Å². The lowest BCUT2D eigenvalue weighted by Crippen LogP contribution is -2.09. The molecule has 0 radical (unpaired) electrons. The minimum atomic E-state index is -0.293. The zero-order valence-corrected chi connectivity index (χ0v) is 13.1. The zero-order chi connectivity index (χ0) is 15.5. The summed E-state index contributed by atoms with van der Waals surface area (Å²) in [6.45, 7) is 0. The van der Waals surface area contributed by atoms with Crippen molar-refractivity contribution in [1.29, 1.82) is 0 Å². The smallest absolute Gasteiger partial charge is 0.123 e. The topological polar surface area (TPSA) is 3.24 Å². The van der Waals surface area contributed by atoms with Gasteiger partial charge in [0.25, 0.3) is 0 Å². The average molecular weight is 360 g/mol. The van der Waals surface area contributed by atoms with Gasteiger partial charge in [0.2, 0.25) is 0 Å². The Bertz CT molecular complexity index is 644. The van der Waals surface area contributed by atoms with Gasteiger partial charge in [-0.15, -0.1) is 0 Å². The van der Waals surface area contributed by atoms with Gasteiger partial charge in [0.15, 0.2) is 0 Å². The monoisotopic (exact) mass is 359 g/mol. The summed E-state index contributed by atoms with van der Waals surface area (Å²) in [6, 6.07) is 20.1. The Labute approximate surface area is 136 Å². The van der Waals surface area contributed by atoms with E-state index in [-0.39, 0.29) is 11.6 Å². The van der Waals surface area contributed by atoms with Crippen molar-refractivity contribution in [3.63, 3.8) is 0 Å². The highest BCUT2D eigenvalue weighted by Crippen LogP contribution is 2.34. The van der Waals surface area contributed by atoms with Crippen LogP contribution < -0.4 is 4.90 Å². The maximum absolute atomic E-state index is 13.2. The third kappa shape index (κ3) is 3.17. The van der Waals surface area contributed by atoms with Crippen LogP contribution in [-0.2, 0) is 0 Å². The summed E-state index contributed by atoms with van der Waals surface area (Å²) in [6.07, 6.45) is 0. The van der Waals surface area contributed by atoms with E-state index in [1.165, 1.54) is 24.3 Å². The molecule has 4 heteroatoms. The van der Waals surface area contributed by atoms with Crippen LogP contribution in [0.3, 0.4) is 0 Å². The minimum Gasteiger partial charge on any atom is -0.310 e. The lowest BCUT2D eigenvalue weighted by molar-refractivity contribution is 0.628. The van der Waals surface area contributed by atoms with Crippen LogP contribution in [-0.4, -0.2) is 0 Å². The summed E-state index contributed by atoms with van der Waals surface area (Å²) in [4.78, 5) is 1.94. The Kier molecular flexibility index (Phi) is 4.20. The first-order valence-electron chi connectivity index (χ1n) is 6.70. The third-order valence-electron chi connectivity index (χ3n) is 3.25. The highest BCUT2D eigenvalue weighted by molar-refractivity contribution is 9.10. The van der Waals surface area contributed by atoms with Gasteiger partial charge in [-0.3, -0.25) is 0 Å². The van der Waals surface area contributed by atoms with E-state index in [0.29, 0.717) is 0 Å². The number of anilines is 3. The molecule has 0 unspecified atom stereocenters. The molecule has 0 amide bonds. The minimum absolute atomic E-state index is 0.293. The van der Waals surface area contributed by atoms with Crippen LogP contribution in [0.15, 0.2) is 77.3 Å². The molecule has 22 heavy (non-hydrogen) atoms. The maximum atomic E-state index is 13.2. The van der Waals surface area contributed by atoms with Crippen molar-refractivity contribution in [2.75, 3.05) is 4.90 Å². The highest BCUT2D eigenvalue weighted by Gasteiger charge is 2.12. The zero-order valence-electron chi connectivity index (χ0n) is 11.5. The van der Waals surface area contributed by atoms with Crippen molar-refractivity contribution < 1.29 is 8.78 Å². The van der Waals surface area contributed by atoms with E-state index in [0.717, 1.165) is 21.5 Å². The molecule has 0 aliphatic rings. The van der Waals surface area contributed by atoms with Gasteiger partial charge in [-0.25, -0.2) is 8.78 Å². The number of hydrogen-bond donors (Lipinski definition) is 0. The summed E-state index contributed by atoms with van der Waals surface area (Å²) in [5.74, 6) is -0.586. The number of rotatable bonds is 3. The van der Waals surface area contributed by atoms with Crippen LogP contribution >= 0.6 is 15.9 Å². The summed E-state index contributed by atoms with van der Waals surface area (Å²) < 4.78 is 27.3. The molecule has 0 saturated heterocycles. The third-order valence-corrected chi connectivity index (χ3v) is 3.78. The van der Waals surface area contributed by atoms with Gasteiger partial charge in [-0.1, -0.05) is 15.9 Å². The Morgan fingerprint density at radius 3 is 1.23 bits per heavy atom. The van der Waals surface area contributed by atoms with Crippen LogP contribution in [0.5, 0.6) is 0 Å². The van der Waals surface area contributed by atoms with Gasteiger partial charge in [0.1, 0.15) is 11.6 Å². The molecule has 3 aromatic rings. The number of nitrogens with zero attached hydrogens (tertiary/aromatic N) is 1. The largest absolute Gasteiger partial charge is 0.310 e. The fourth-order valence-corrected chi connectivity index (χ4v) is 2.48. The highest BCUT2D eigenvalue weighted by atomic mass is 79.9. The average Bonchev–Trinajstić information content (AvgIpc) is 2.53. The molecule has 0 saturated carbocycles. The van der Waals surface area contributed by atoms with E-state index in [2.05, 4.69) is 15.9 Å². The van der Waals surface area contributed by atoms with Gasteiger partial charge < -0.3 is 4.90 Å². The van der Waals surface area contributed by atoms with Crippen molar-refractivity contribution in [1.82, 2.24) is 0 Å². The maximum Gasteiger partial charge on any atom is 0.123 e. The van der Waals surface area contributed by atoms with E-state index in [1.54, 1.807) is 24.3 Å². The van der Waals surface area contributed by atoms with E-state index >= 15 is 0 Å². The van der Waals surface area contributed by atoms with E-state index in [9.17, 15) is 8.78 Å². The summed E-state index contributed by atoms with van der Waals surface area (Å²) in [7, 11) is 0. The van der Waals surface area contributed by atoms with Crippen LogP contribution in [0.2, 0.25) is 0 Å². The first kappa shape index (κ1) is 14.7. The first-order chi connectivity index (χ1) is 10.6. The van der Waals surface area contributed by atoms with Gasteiger partial charge in [-0.2, -0.15) is 0 Å². The van der Waals surface area contributed by atoms with E-state index in [4.69, 9.17) is 0 Å². The van der Waals surface area contributed by atoms with Gasteiger partial charge in [-0.05, 0) is 72.8 Å². The van der Waals surface area contributed by atoms with Crippen LogP contribution in [0.4, 0.5) is 25.8 Å². The van der Waals surface area contributed by atoms with Crippen molar-refractivity contribution in [2.45, 2.75) is 0 Å². The molecule has 1 nitrogen and oxygen atoms in total. The molecule has 0 heterocycles. The summed E-state index contributed by atoms with van der Waals surface area (Å²) in [5.41, 5.74) is 2.51. The lowest BCUT2D eigenvalue weighted by Gasteiger charge is -2.25. The molecule has 0 aromatic heterocycles. The molecule has 0 atom stereocenters. The molecule has 0 aliphatic carbocycles. The van der Waals surface area contributed by atoms with E-state index in [1.807, 2.05) is 29.2 Å². The SMILES string of the molecule is Fc1ccc(N(c2ccc(F)cc2)c2ccc(Br)cc2)cc1. The number of hydrogen-bond acceptors (Lipinski definition) is 1. The predicted octanol–water partition coefficient (Wildman–Crippen LogP) is 6.20. The molecule has 0 aliphatic heterocycles. The van der Waals surface area contributed by atoms with Gasteiger partial charge in [0.05, 0.1) is 0 Å². The second-order valence-corrected chi connectivity index (χ2v) is 5.68. The molecule has 0 bridgehead atoms. The molecule has 0 N–H and O–H groups in total. The van der Waals surface area contributed by atoms with Gasteiger partial charge >= 0.3 is 0 Å². The van der Waals surface area contributed by atoms with E-state index < -0.39 is 0 Å². The Morgan fingerprint density at radius 1 is 0.545 bits per heavy atom.